The zero-order valence-electron chi connectivity index (χ0n) is 12.9. The number of rotatable bonds is 9. The largest absolute Gasteiger partial charge is 0.490 e. The third kappa shape index (κ3) is 6.73. The van der Waals surface area contributed by atoms with Gasteiger partial charge in [-0.15, -0.1) is 0 Å². The maximum atomic E-state index is 6.02. The van der Waals surface area contributed by atoms with Crippen LogP contribution in [0.1, 0.15) is 32.8 Å². The summed E-state index contributed by atoms with van der Waals surface area (Å²) in [4.78, 5) is 0. The van der Waals surface area contributed by atoms with Crippen LogP contribution in [0.3, 0.4) is 0 Å². The number of nitrogens with one attached hydrogen (secondary N) is 1. The van der Waals surface area contributed by atoms with Crippen molar-refractivity contribution in [2.75, 3.05) is 20.3 Å². The monoisotopic (exact) mass is 343 g/mol. The van der Waals surface area contributed by atoms with Crippen molar-refractivity contribution < 1.29 is 9.47 Å². The van der Waals surface area contributed by atoms with Gasteiger partial charge in [0.25, 0.3) is 0 Å². The summed E-state index contributed by atoms with van der Waals surface area (Å²) >= 11 is 3.52. The van der Waals surface area contributed by atoms with Crippen molar-refractivity contribution in [2.24, 2.45) is 5.92 Å². The minimum atomic E-state index is 0.153. The Kier molecular flexibility index (Phi) is 8.19. The Hall–Kier alpha value is -0.580. The summed E-state index contributed by atoms with van der Waals surface area (Å²) in [5.74, 6) is 1.60. The first-order valence-electron chi connectivity index (χ1n) is 7.17. The number of hydrogen-bond acceptors (Lipinski definition) is 3. The highest BCUT2D eigenvalue weighted by Crippen LogP contribution is 2.24. The second-order valence-electron chi connectivity index (χ2n) is 5.49. The number of ether oxygens (including phenoxy) is 2. The fraction of sp³-hybridized carbons (Fsp3) is 0.625. The van der Waals surface area contributed by atoms with Gasteiger partial charge in [-0.2, -0.15) is 0 Å². The Balaban J connectivity index is 2.64. The highest BCUT2D eigenvalue weighted by atomic mass is 79.9. The molecule has 3 nitrogen and oxygen atoms in total. The highest BCUT2D eigenvalue weighted by Gasteiger charge is 2.09. The zero-order valence-corrected chi connectivity index (χ0v) is 14.5. The Bertz CT molecular complexity index is 396. The van der Waals surface area contributed by atoms with Gasteiger partial charge < -0.3 is 14.8 Å². The lowest BCUT2D eigenvalue weighted by molar-refractivity contribution is 0.134. The minimum absolute atomic E-state index is 0.153. The van der Waals surface area contributed by atoms with Crippen LogP contribution in [0.2, 0.25) is 0 Å². The predicted molar refractivity (Wildman–Crippen MR) is 87.3 cm³/mol. The Morgan fingerprint density at radius 3 is 2.65 bits per heavy atom. The fourth-order valence-electron chi connectivity index (χ4n) is 1.86. The molecule has 1 aromatic carbocycles. The van der Waals surface area contributed by atoms with E-state index in [-0.39, 0.29) is 6.10 Å². The highest BCUT2D eigenvalue weighted by molar-refractivity contribution is 9.10. The molecule has 0 heterocycles. The molecule has 0 aromatic heterocycles. The van der Waals surface area contributed by atoms with E-state index < -0.39 is 0 Å². The van der Waals surface area contributed by atoms with E-state index in [1.165, 1.54) is 5.56 Å². The van der Waals surface area contributed by atoms with Crippen LogP contribution in [0.25, 0.3) is 0 Å². The molecule has 0 spiro atoms. The molecule has 1 atom stereocenters. The van der Waals surface area contributed by atoms with E-state index >= 15 is 0 Å². The fourth-order valence-corrected chi connectivity index (χ4v) is 2.26. The molecule has 0 aliphatic heterocycles. The summed E-state index contributed by atoms with van der Waals surface area (Å²) in [6.45, 7) is 9.04. The van der Waals surface area contributed by atoms with Gasteiger partial charge in [0.15, 0.2) is 0 Å². The maximum Gasteiger partial charge on any atom is 0.124 e. The van der Waals surface area contributed by atoms with Crippen molar-refractivity contribution in [1.82, 2.24) is 5.32 Å². The molecule has 4 heteroatoms. The lowest BCUT2D eigenvalue weighted by Gasteiger charge is -2.18. The molecular formula is C16H26BrNO2. The summed E-state index contributed by atoms with van der Waals surface area (Å²) in [5, 5.41) is 3.46. The second-order valence-corrected chi connectivity index (χ2v) is 6.40. The van der Waals surface area contributed by atoms with Gasteiger partial charge >= 0.3 is 0 Å². The molecule has 1 unspecified atom stereocenters. The maximum absolute atomic E-state index is 6.02. The van der Waals surface area contributed by atoms with E-state index in [1.807, 2.05) is 12.1 Å². The first kappa shape index (κ1) is 17.5. The normalized spacial score (nSPS) is 12.7. The standard InChI is InChI=1S/C16H26BrNO2/c1-12(2)10-18-11-14-9-15(17)5-6-16(14)20-13(3)7-8-19-4/h5-6,9,12-13,18H,7-8,10-11H2,1-4H3. The van der Waals surface area contributed by atoms with Crippen molar-refractivity contribution in [3.8, 4) is 5.75 Å². The summed E-state index contributed by atoms with van der Waals surface area (Å²) < 4.78 is 12.2. The van der Waals surface area contributed by atoms with Crippen molar-refractivity contribution in [2.45, 2.75) is 39.8 Å². The van der Waals surface area contributed by atoms with E-state index in [2.05, 4.69) is 48.1 Å². The van der Waals surface area contributed by atoms with Gasteiger partial charge in [-0.25, -0.2) is 0 Å². The van der Waals surface area contributed by atoms with Gasteiger partial charge in [0, 0.05) is 36.7 Å². The van der Waals surface area contributed by atoms with Crippen molar-refractivity contribution in [1.29, 1.82) is 0 Å². The van der Waals surface area contributed by atoms with Crippen LogP contribution >= 0.6 is 15.9 Å². The quantitative estimate of drug-likeness (QED) is 0.735. The first-order valence-corrected chi connectivity index (χ1v) is 7.97. The van der Waals surface area contributed by atoms with E-state index in [4.69, 9.17) is 9.47 Å². The number of halogens is 1. The third-order valence-corrected chi connectivity index (χ3v) is 3.44. The van der Waals surface area contributed by atoms with E-state index in [9.17, 15) is 0 Å². The summed E-state index contributed by atoms with van der Waals surface area (Å²) in [6.07, 6.45) is 1.05. The Morgan fingerprint density at radius 1 is 1.25 bits per heavy atom. The van der Waals surface area contributed by atoms with Crippen LogP contribution in [0.15, 0.2) is 22.7 Å². The van der Waals surface area contributed by atoms with Crippen molar-refractivity contribution in [3.63, 3.8) is 0 Å². The molecule has 1 rings (SSSR count). The topological polar surface area (TPSA) is 30.5 Å². The van der Waals surface area contributed by atoms with E-state index in [0.717, 1.165) is 36.3 Å². The summed E-state index contributed by atoms with van der Waals surface area (Å²) in [7, 11) is 1.72. The molecule has 0 bridgehead atoms. The van der Waals surface area contributed by atoms with Gasteiger partial charge in [0.2, 0.25) is 0 Å². The van der Waals surface area contributed by atoms with Crippen molar-refractivity contribution >= 4 is 15.9 Å². The summed E-state index contributed by atoms with van der Waals surface area (Å²) in [5.41, 5.74) is 1.18. The van der Waals surface area contributed by atoms with Crippen LogP contribution in [0.4, 0.5) is 0 Å². The molecule has 0 fully saturated rings. The first-order chi connectivity index (χ1) is 9.52. The van der Waals surface area contributed by atoms with Gasteiger partial charge in [-0.05, 0) is 37.6 Å². The molecule has 0 saturated heterocycles. The van der Waals surface area contributed by atoms with Crippen LogP contribution in [0.5, 0.6) is 5.75 Å². The molecule has 0 radical (unpaired) electrons. The molecular weight excluding hydrogens is 318 g/mol. The minimum Gasteiger partial charge on any atom is -0.490 e. The zero-order chi connectivity index (χ0) is 15.0. The van der Waals surface area contributed by atoms with Gasteiger partial charge in [0.1, 0.15) is 5.75 Å². The van der Waals surface area contributed by atoms with Crippen molar-refractivity contribution in [3.05, 3.63) is 28.2 Å². The summed E-state index contributed by atoms with van der Waals surface area (Å²) in [6, 6.07) is 6.16. The molecule has 1 aromatic rings. The van der Waals surface area contributed by atoms with Gasteiger partial charge in [-0.1, -0.05) is 29.8 Å². The lowest BCUT2D eigenvalue weighted by atomic mass is 10.1. The number of methoxy groups -OCH3 is 1. The number of benzene rings is 1. The Labute approximate surface area is 131 Å². The van der Waals surface area contributed by atoms with Crippen LogP contribution in [-0.2, 0) is 11.3 Å². The van der Waals surface area contributed by atoms with Crippen LogP contribution < -0.4 is 10.1 Å². The molecule has 0 aliphatic rings. The average molecular weight is 344 g/mol. The van der Waals surface area contributed by atoms with E-state index in [0.29, 0.717) is 5.92 Å². The second kappa shape index (κ2) is 9.37. The van der Waals surface area contributed by atoms with Gasteiger partial charge in [0.05, 0.1) is 6.10 Å². The lowest BCUT2D eigenvalue weighted by Crippen LogP contribution is -2.20. The van der Waals surface area contributed by atoms with Gasteiger partial charge in [-0.3, -0.25) is 0 Å². The molecule has 20 heavy (non-hydrogen) atoms. The number of hydrogen-bond donors (Lipinski definition) is 1. The molecule has 1 N–H and O–H groups in total. The molecule has 0 aliphatic carbocycles. The van der Waals surface area contributed by atoms with Crippen LogP contribution in [0, 0.1) is 5.92 Å². The Morgan fingerprint density at radius 2 is 2.00 bits per heavy atom. The van der Waals surface area contributed by atoms with E-state index in [1.54, 1.807) is 7.11 Å². The SMILES string of the molecule is COCCC(C)Oc1ccc(Br)cc1CNCC(C)C. The predicted octanol–water partition coefficient (Wildman–Crippen LogP) is 4.00. The molecule has 114 valence electrons. The molecule has 0 saturated carbocycles. The third-order valence-electron chi connectivity index (χ3n) is 2.95. The van der Waals surface area contributed by atoms with Crippen LogP contribution in [-0.4, -0.2) is 26.4 Å². The molecule has 0 amide bonds. The smallest absolute Gasteiger partial charge is 0.124 e. The average Bonchev–Trinajstić information content (AvgIpc) is 2.39.